The lowest BCUT2D eigenvalue weighted by atomic mass is 10.1. The van der Waals surface area contributed by atoms with Crippen molar-refractivity contribution >= 4 is 0 Å². The van der Waals surface area contributed by atoms with Gasteiger partial charge in [0, 0.05) is 25.4 Å². The van der Waals surface area contributed by atoms with Gasteiger partial charge in [-0.3, -0.25) is 4.68 Å². The summed E-state index contributed by atoms with van der Waals surface area (Å²) in [5, 5.41) is 8.11. The summed E-state index contributed by atoms with van der Waals surface area (Å²) in [6, 6.07) is 0. The highest BCUT2D eigenvalue weighted by atomic mass is 15.3. The highest BCUT2D eigenvalue weighted by molar-refractivity contribution is 5.19. The van der Waals surface area contributed by atoms with Crippen LogP contribution in [0.5, 0.6) is 0 Å². The summed E-state index contributed by atoms with van der Waals surface area (Å²) in [6.45, 7) is 8.87. The highest BCUT2D eigenvalue weighted by Gasteiger charge is 2.27. The van der Waals surface area contributed by atoms with Gasteiger partial charge in [-0.1, -0.05) is 20.8 Å². The van der Waals surface area contributed by atoms with Crippen molar-refractivity contribution in [1.82, 2.24) is 15.1 Å². The monoisotopic (exact) mass is 235 g/mol. The molecule has 3 nitrogen and oxygen atoms in total. The number of aromatic nitrogens is 2. The fourth-order valence-electron chi connectivity index (χ4n) is 2.44. The minimum absolute atomic E-state index is 0.508. The molecule has 1 heterocycles. The Hall–Kier alpha value is -0.830. The fourth-order valence-corrected chi connectivity index (χ4v) is 2.44. The number of nitrogens with one attached hydrogen (secondary N) is 1. The van der Waals surface area contributed by atoms with E-state index < -0.39 is 0 Å². The van der Waals surface area contributed by atoms with Crippen LogP contribution in [0.4, 0.5) is 0 Å². The van der Waals surface area contributed by atoms with Crippen molar-refractivity contribution in [2.75, 3.05) is 6.54 Å². The van der Waals surface area contributed by atoms with E-state index in [1.54, 1.807) is 0 Å². The molecule has 1 N–H and O–H groups in total. The molecular formula is C14H25N3. The summed E-state index contributed by atoms with van der Waals surface area (Å²) in [6.07, 6.45) is 5.02. The van der Waals surface area contributed by atoms with Crippen LogP contribution in [0.15, 0.2) is 6.20 Å². The third-order valence-electron chi connectivity index (χ3n) is 3.69. The molecule has 1 unspecified atom stereocenters. The van der Waals surface area contributed by atoms with E-state index in [4.69, 9.17) is 0 Å². The van der Waals surface area contributed by atoms with Crippen LogP contribution >= 0.6 is 0 Å². The first kappa shape index (κ1) is 12.6. The normalized spacial score (nSPS) is 17.7. The summed E-state index contributed by atoms with van der Waals surface area (Å²) in [5.41, 5.74) is 2.59. The number of nitrogens with zero attached hydrogens (tertiary/aromatic N) is 2. The second-order valence-corrected chi connectivity index (χ2v) is 5.81. The van der Waals surface area contributed by atoms with Crippen molar-refractivity contribution < 1.29 is 0 Å². The molecule has 0 radical (unpaired) electrons. The van der Waals surface area contributed by atoms with Crippen molar-refractivity contribution in [2.24, 2.45) is 18.9 Å². The Balaban J connectivity index is 1.85. The predicted molar refractivity (Wildman–Crippen MR) is 70.9 cm³/mol. The van der Waals surface area contributed by atoms with Crippen molar-refractivity contribution in [2.45, 2.75) is 46.1 Å². The van der Waals surface area contributed by atoms with Gasteiger partial charge in [0.25, 0.3) is 0 Å². The van der Waals surface area contributed by atoms with E-state index in [9.17, 15) is 0 Å². The Bertz CT molecular complexity index is 364. The molecule has 17 heavy (non-hydrogen) atoms. The van der Waals surface area contributed by atoms with Gasteiger partial charge in [0.05, 0.1) is 5.69 Å². The Morgan fingerprint density at radius 1 is 1.41 bits per heavy atom. The lowest BCUT2D eigenvalue weighted by molar-refractivity contribution is 0.461. The molecule has 2 rings (SSSR count). The van der Waals surface area contributed by atoms with Gasteiger partial charge in [0.1, 0.15) is 0 Å². The van der Waals surface area contributed by atoms with Crippen molar-refractivity contribution in [1.29, 1.82) is 0 Å². The first-order valence-electron chi connectivity index (χ1n) is 6.81. The maximum Gasteiger partial charge on any atom is 0.0694 e. The van der Waals surface area contributed by atoms with Gasteiger partial charge in [-0.05, 0) is 37.1 Å². The maximum atomic E-state index is 4.53. The smallest absolute Gasteiger partial charge is 0.0694 e. The van der Waals surface area contributed by atoms with Crippen molar-refractivity contribution in [3.63, 3.8) is 0 Å². The molecule has 1 fully saturated rings. The van der Waals surface area contributed by atoms with Crippen LogP contribution in [-0.4, -0.2) is 16.3 Å². The molecule has 1 aromatic rings. The number of hydrogen-bond donors (Lipinski definition) is 1. The number of rotatable bonds is 6. The van der Waals surface area contributed by atoms with Crippen LogP contribution < -0.4 is 5.32 Å². The molecule has 0 aromatic carbocycles. The van der Waals surface area contributed by atoms with E-state index in [0.717, 1.165) is 24.9 Å². The summed E-state index contributed by atoms with van der Waals surface area (Å²) in [7, 11) is 2.00. The van der Waals surface area contributed by atoms with Gasteiger partial charge < -0.3 is 5.32 Å². The first-order valence-corrected chi connectivity index (χ1v) is 6.81. The molecule has 1 aromatic heterocycles. The van der Waals surface area contributed by atoms with E-state index in [0.29, 0.717) is 5.92 Å². The molecular weight excluding hydrogens is 210 g/mol. The molecule has 0 bridgehead atoms. The maximum absolute atomic E-state index is 4.53. The average Bonchev–Trinajstić information content (AvgIpc) is 3.03. The molecule has 0 aliphatic heterocycles. The van der Waals surface area contributed by atoms with Crippen LogP contribution in [0.1, 0.15) is 50.8 Å². The minimum Gasteiger partial charge on any atom is -0.312 e. The molecule has 0 amide bonds. The van der Waals surface area contributed by atoms with Crippen LogP contribution in [0, 0.1) is 11.8 Å². The minimum atomic E-state index is 0.508. The molecule has 1 aliphatic rings. The van der Waals surface area contributed by atoms with E-state index in [2.05, 4.69) is 37.4 Å². The summed E-state index contributed by atoms with van der Waals surface area (Å²) < 4.78 is 1.93. The number of aryl methyl sites for hydroxylation is 1. The SMILES string of the molecule is CC(C)c1nn(C)cc1CNCC(C)C1CC1. The topological polar surface area (TPSA) is 29.9 Å². The standard InChI is InChI=1S/C14H25N3/c1-10(2)14-13(9-17(4)16-14)8-15-7-11(3)12-5-6-12/h9-12,15H,5-8H2,1-4H3. The molecule has 0 saturated heterocycles. The second kappa shape index (κ2) is 5.21. The van der Waals surface area contributed by atoms with E-state index >= 15 is 0 Å². The van der Waals surface area contributed by atoms with Crippen LogP contribution in [0.3, 0.4) is 0 Å². The lowest BCUT2D eigenvalue weighted by Gasteiger charge is -2.11. The zero-order chi connectivity index (χ0) is 12.4. The summed E-state index contributed by atoms with van der Waals surface area (Å²) in [4.78, 5) is 0. The van der Waals surface area contributed by atoms with Gasteiger partial charge in [0.2, 0.25) is 0 Å². The Kier molecular flexibility index (Phi) is 3.87. The van der Waals surface area contributed by atoms with Crippen LogP contribution in [0.25, 0.3) is 0 Å². The highest BCUT2D eigenvalue weighted by Crippen LogP contribution is 2.36. The number of hydrogen-bond acceptors (Lipinski definition) is 2. The molecule has 3 heteroatoms. The summed E-state index contributed by atoms with van der Waals surface area (Å²) in [5.74, 6) is 2.32. The van der Waals surface area contributed by atoms with Gasteiger partial charge in [0.15, 0.2) is 0 Å². The predicted octanol–water partition coefficient (Wildman–Crippen LogP) is 2.68. The van der Waals surface area contributed by atoms with E-state index in [-0.39, 0.29) is 0 Å². The van der Waals surface area contributed by atoms with Gasteiger partial charge in [-0.15, -0.1) is 0 Å². The average molecular weight is 235 g/mol. The van der Waals surface area contributed by atoms with E-state index in [1.807, 2.05) is 11.7 Å². The van der Waals surface area contributed by atoms with Crippen molar-refractivity contribution in [3.8, 4) is 0 Å². The first-order chi connectivity index (χ1) is 8.08. The van der Waals surface area contributed by atoms with Crippen LogP contribution in [-0.2, 0) is 13.6 Å². The van der Waals surface area contributed by atoms with E-state index in [1.165, 1.54) is 24.1 Å². The zero-order valence-electron chi connectivity index (χ0n) is 11.5. The molecule has 1 saturated carbocycles. The quantitative estimate of drug-likeness (QED) is 0.821. The van der Waals surface area contributed by atoms with Gasteiger partial charge in [-0.2, -0.15) is 5.10 Å². The molecule has 1 aliphatic carbocycles. The second-order valence-electron chi connectivity index (χ2n) is 5.81. The largest absolute Gasteiger partial charge is 0.312 e. The third kappa shape index (κ3) is 3.32. The van der Waals surface area contributed by atoms with Gasteiger partial charge in [-0.25, -0.2) is 0 Å². The zero-order valence-corrected chi connectivity index (χ0v) is 11.5. The third-order valence-corrected chi connectivity index (χ3v) is 3.69. The van der Waals surface area contributed by atoms with Crippen molar-refractivity contribution in [3.05, 3.63) is 17.5 Å². The van der Waals surface area contributed by atoms with Gasteiger partial charge >= 0.3 is 0 Å². The Morgan fingerprint density at radius 3 is 2.71 bits per heavy atom. The molecule has 96 valence electrons. The Labute approximate surface area is 105 Å². The molecule has 0 spiro atoms. The lowest BCUT2D eigenvalue weighted by Crippen LogP contribution is -2.22. The molecule has 1 atom stereocenters. The fraction of sp³-hybridized carbons (Fsp3) is 0.786. The van der Waals surface area contributed by atoms with Crippen LogP contribution in [0.2, 0.25) is 0 Å². The Morgan fingerprint density at radius 2 is 2.12 bits per heavy atom. The summed E-state index contributed by atoms with van der Waals surface area (Å²) >= 11 is 0.